The number of nitrogens with zero attached hydrogens (tertiary/aromatic N) is 2. The van der Waals surface area contributed by atoms with Crippen LogP contribution in [0, 0.1) is 0 Å². The fraction of sp³-hybridized carbons (Fsp3) is 0.133. The van der Waals surface area contributed by atoms with Crippen LogP contribution in [0.5, 0.6) is 0 Å². The van der Waals surface area contributed by atoms with Crippen molar-refractivity contribution in [3.05, 3.63) is 54.1 Å². The lowest BCUT2D eigenvalue weighted by atomic mass is 10.1. The van der Waals surface area contributed by atoms with Crippen molar-refractivity contribution in [2.75, 3.05) is 0 Å². The van der Waals surface area contributed by atoms with E-state index in [9.17, 15) is 13.2 Å². The lowest BCUT2D eigenvalue weighted by molar-refractivity contribution is -0.137. The fourth-order valence-electron chi connectivity index (χ4n) is 2.21. The second-order valence-corrected chi connectivity index (χ2v) is 4.56. The minimum Gasteiger partial charge on any atom is -0.327 e. The number of fused-ring (bicyclic) bond motifs is 1. The van der Waals surface area contributed by atoms with Gasteiger partial charge in [0.25, 0.3) is 0 Å². The first kappa shape index (κ1) is 12.7. The maximum Gasteiger partial charge on any atom is 0.416 e. The Hall–Kier alpha value is -2.30. The summed E-state index contributed by atoms with van der Waals surface area (Å²) in [7, 11) is 1.85. The van der Waals surface area contributed by atoms with E-state index >= 15 is 0 Å². The molecule has 0 fully saturated rings. The van der Waals surface area contributed by atoms with Crippen molar-refractivity contribution in [1.82, 2.24) is 9.55 Å². The Bertz CT molecular complexity index is 755. The normalized spacial score (nSPS) is 12.0. The summed E-state index contributed by atoms with van der Waals surface area (Å²) in [5.41, 5.74) is 1.78. The maximum absolute atomic E-state index is 12.5. The third-order valence-electron chi connectivity index (χ3n) is 3.26. The zero-order valence-corrected chi connectivity index (χ0v) is 10.6. The molecule has 0 saturated carbocycles. The van der Waals surface area contributed by atoms with Crippen LogP contribution in [0.25, 0.3) is 22.4 Å². The molecule has 20 heavy (non-hydrogen) atoms. The molecule has 0 saturated heterocycles. The zero-order chi connectivity index (χ0) is 14.3. The van der Waals surface area contributed by atoms with Gasteiger partial charge in [-0.05, 0) is 24.3 Å². The Morgan fingerprint density at radius 1 is 0.950 bits per heavy atom. The number of alkyl halides is 3. The fourth-order valence-corrected chi connectivity index (χ4v) is 2.21. The molecule has 0 aliphatic carbocycles. The third kappa shape index (κ3) is 2.05. The summed E-state index contributed by atoms with van der Waals surface area (Å²) in [4.78, 5) is 4.46. The Morgan fingerprint density at radius 2 is 1.60 bits per heavy atom. The van der Waals surface area contributed by atoms with Gasteiger partial charge in [0.1, 0.15) is 5.82 Å². The molecule has 0 N–H and O–H groups in total. The van der Waals surface area contributed by atoms with E-state index in [-0.39, 0.29) is 0 Å². The van der Waals surface area contributed by atoms with Crippen molar-refractivity contribution < 1.29 is 13.2 Å². The SMILES string of the molecule is Cn1c(-c2ccc(C(F)(F)F)cc2)nc2ccccc21. The molecule has 5 heteroatoms. The second kappa shape index (κ2) is 4.37. The van der Waals surface area contributed by atoms with Crippen molar-refractivity contribution in [3.63, 3.8) is 0 Å². The molecule has 0 aliphatic rings. The molecular weight excluding hydrogens is 265 g/mol. The van der Waals surface area contributed by atoms with Crippen molar-refractivity contribution in [2.45, 2.75) is 6.18 Å². The number of para-hydroxylation sites is 2. The summed E-state index contributed by atoms with van der Waals surface area (Å²) >= 11 is 0. The van der Waals surface area contributed by atoms with Gasteiger partial charge in [0.05, 0.1) is 16.6 Å². The smallest absolute Gasteiger partial charge is 0.327 e. The van der Waals surface area contributed by atoms with Crippen LogP contribution in [0.15, 0.2) is 48.5 Å². The number of rotatable bonds is 1. The van der Waals surface area contributed by atoms with Crippen LogP contribution in [-0.4, -0.2) is 9.55 Å². The molecule has 2 aromatic carbocycles. The Morgan fingerprint density at radius 3 is 2.20 bits per heavy atom. The minimum atomic E-state index is -4.31. The predicted octanol–water partition coefficient (Wildman–Crippen LogP) is 4.26. The van der Waals surface area contributed by atoms with Gasteiger partial charge in [-0.1, -0.05) is 24.3 Å². The molecule has 0 aliphatic heterocycles. The number of aryl methyl sites for hydroxylation is 1. The molecule has 3 rings (SSSR count). The van der Waals surface area contributed by atoms with Crippen LogP contribution in [0.1, 0.15) is 5.56 Å². The van der Waals surface area contributed by atoms with E-state index in [1.54, 1.807) is 0 Å². The summed E-state index contributed by atoms with van der Waals surface area (Å²) in [6.07, 6.45) is -4.31. The molecule has 1 aromatic heterocycles. The highest BCUT2D eigenvalue weighted by Crippen LogP contribution is 2.31. The number of halogens is 3. The van der Waals surface area contributed by atoms with Crippen molar-refractivity contribution in [1.29, 1.82) is 0 Å². The molecular formula is C15H11F3N2. The van der Waals surface area contributed by atoms with Gasteiger partial charge >= 0.3 is 6.18 Å². The van der Waals surface area contributed by atoms with E-state index in [0.717, 1.165) is 23.2 Å². The van der Waals surface area contributed by atoms with E-state index in [0.29, 0.717) is 11.4 Å². The average Bonchev–Trinajstić information content (AvgIpc) is 2.76. The summed E-state index contributed by atoms with van der Waals surface area (Å²) < 4.78 is 39.5. The Kier molecular flexibility index (Phi) is 2.78. The first-order valence-electron chi connectivity index (χ1n) is 6.06. The van der Waals surface area contributed by atoms with Gasteiger partial charge in [-0.25, -0.2) is 4.98 Å². The van der Waals surface area contributed by atoms with Gasteiger partial charge in [0.15, 0.2) is 0 Å². The maximum atomic E-state index is 12.5. The van der Waals surface area contributed by atoms with E-state index in [4.69, 9.17) is 0 Å². The number of hydrogen-bond donors (Lipinski definition) is 0. The third-order valence-corrected chi connectivity index (χ3v) is 3.26. The highest BCUT2D eigenvalue weighted by Gasteiger charge is 2.30. The largest absolute Gasteiger partial charge is 0.416 e. The molecule has 102 valence electrons. The Balaban J connectivity index is 2.09. The van der Waals surface area contributed by atoms with Crippen LogP contribution in [0.3, 0.4) is 0 Å². The minimum absolute atomic E-state index is 0.653. The van der Waals surface area contributed by atoms with Crippen LogP contribution < -0.4 is 0 Å². The van der Waals surface area contributed by atoms with Crippen LogP contribution in [-0.2, 0) is 13.2 Å². The van der Waals surface area contributed by atoms with Gasteiger partial charge in [-0.15, -0.1) is 0 Å². The Labute approximate surface area is 113 Å². The molecule has 0 spiro atoms. The summed E-state index contributed by atoms with van der Waals surface area (Å²) in [5, 5.41) is 0. The standard InChI is InChI=1S/C15H11F3N2/c1-20-13-5-3-2-4-12(13)19-14(20)10-6-8-11(9-7-10)15(16,17)18/h2-9H,1H3. The lowest BCUT2D eigenvalue weighted by Crippen LogP contribution is -2.04. The molecule has 0 amide bonds. The van der Waals surface area contributed by atoms with Crippen LogP contribution >= 0.6 is 0 Å². The quantitative estimate of drug-likeness (QED) is 0.649. The topological polar surface area (TPSA) is 17.8 Å². The van der Waals surface area contributed by atoms with Gasteiger partial charge < -0.3 is 4.57 Å². The highest BCUT2D eigenvalue weighted by atomic mass is 19.4. The van der Waals surface area contributed by atoms with E-state index in [1.165, 1.54) is 12.1 Å². The number of imidazole rings is 1. The number of aromatic nitrogens is 2. The molecule has 0 radical (unpaired) electrons. The molecule has 0 atom stereocenters. The molecule has 3 aromatic rings. The molecule has 2 nitrogen and oxygen atoms in total. The number of benzene rings is 2. The highest BCUT2D eigenvalue weighted by molar-refractivity contribution is 5.80. The molecule has 0 unspecified atom stereocenters. The van der Waals surface area contributed by atoms with E-state index in [1.807, 2.05) is 35.9 Å². The average molecular weight is 276 g/mol. The van der Waals surface area contributed by atoms with Crippen molar-refractivity contribution in [3.8, 4) is 11.4 Å². The van der Waals surface area contributed by atoms with Gasteiger partial charge in [0.2, 0.25) is 0 Å². The molecule has 1 heterocycles. The number of hydrogen-bond acceptors (Lipinski definition) is 1. The van der Waals surface area contributed by atoms with Crippen molar-refractivity contribution >= 4 is 11.0 Å². The van der Waals surface area contributed by atoms with Gasteiger partial charge in [-0.2, -0.15) is 13.2 Å². The van der Waals surface area contributed by atoms with E-state index in [2.05, 4.69) is 4.98 Å². The monoisotopic (exact) mass is 276 g/mol. The van der Waals surface area contributed by atoms with Crippen molar-refractivity contribution in [2.24, 2.45) is 7.05 Å². The predicted molar refractivity (Wildman–Crippen MR) is 71.2 cm³/mol. The summed E-state index contributed by atoms with van der Waals surface area (Å²) in [5.74, 6) is 0.653. The zero-order valence-electron chi connectivity index (χ0n) is 10.6. The molecule has 0 bridgehead atoms. The lowest BCUT2D eigenvalue weighted by Gasteiger charge is -2.07. The first-order valence-corrected chi connectivity index (χ1v) is 6.06. The summed E-state index contributed by atoms with van der Waals surface area (Å²) in [6, 6.07) is 12.6. The van der Waals surface area contributed by atoms with Crippen LogP contribution in [0.4, 0.5) is 13.2 Å². The van der Waals surface area contributed by atoms with Gasteiger partial charge in [-0.3, -0.25) is 0 Å². The second-order valence-electron chi connectivity index (χ2n) is 4.56. The first-order chi connectivity index (χ1) is 9.47. The van der Waals surface area contributed by atoms with E-state index < -0.39 is 11.7 Å². The van der Waals surface area contributed by atoms with Gasteiger partial charge in [0, 0.05) is 12.6 Å². The summed E-state index contributed by atoms with van der Waals surface area (Å²) in [6.45, 7) is 0. The van der Waals surface area contributed by atoms with Crippen LogP contribution in [0.2, 0.25) is 0 Å².